The molecule has 1 heterocycles. The van der Waals surface area contributed by atoms with Gasteiger partial charge >= 0.3 is 0 Å². The summed E-state index contributed by atoms with van der Waals surface area (Å²) in [4.78, 5) is 8.12. The molecule has 0 saturated carbocycles. The molecular formula is C9H18N6O. The maximum Gasteiger partial charge on any atom is 0.205 e. The van der Waals surface area contributed by atoms with Gasteiger partial charge in [-0.15, -0.1) is 0 Å². The average molecular weight is 226 g/mol. The summed E-state index contributed by atoms with van der Waals surface area (Å²) in [5.41, 5.74) is 2.50. The molecular weight excluding hydrogens is 208 g/mol. The Morgan fingerprint density at radius 3 is 3.12 bits per heavy atom. The van der Waals surface area contributed by atoms with E-state index >= 15 is 0 Å². The van der Waals surface area contributed by atoms with Crippen LogP contribution in [-0.2, 0) is 11.3 Å². The van der Waals surface area contributed by atoms with Crippen LogP contribution in [0.25, 0.3) is 0 Å². The summed E-state index contributed by atoms with van der Waals surface area (Å²) in [6.07, 6.45) is 5.41. The Kier molecular flexibility index (Phi) is 5.97. The van der Waals surface area contributed by atoms with E-state index in [0.717, 1.165) is 13.1 Å². The number of imidazole rings is 1. The van der Waals surface area contributed by atoms with Crippen molar-refractivity contribution in [1.29, 1.82) is 0 Å². The smallest absolute Gasteiger partial charge is 0.205 e. The van der Waals surface area contributed by atoms with E-state index in [1.165, 1.54) is 0 Å². The second-order valence-electron chi connectivity index (χ2n) is 3.09. The first-order valence-electron chi connectivity index (χ1n) is 5.06. The number of ether oxygens (including phenoxy) is 1. The number of nitrogens with one attached hydrogen (secondary N) is 2. The number of methoxy groups -OCH3 is 1. The predicted molar refractivity (Wildman–Crippen MR) is 61.7 cm³/mol. The van der Waals surface area contributed by atoms with E-state index in [-0.39, 0.29) is 0 Å². The van der Waals surface area contributed by atoms with Crippen LogP contribution in [0, 0.1) is 0 Å². The predicted octanol–water partition coefficient (Wildman–Crippen LogP) is -1.06. The number of nitrogens with zero attached hydrogens (tertiary/aromatic N) is 3. The van der Waals surface area contributed by atoms with E-state index in [9.17, 15) is 0 Å². The zero-order valence-electron chi connectivity index (χ0n) is 9.39. The van der Waals surface area contributed by atoms with Gasteiger partial charge in [0.1, 0.15) is 0 Å². The van der Waals surface area contributed by atoms with Crippen molar-refractivity contribution >= 4 is 5.96 Å². The van der Waals surface area contributed by atoms with Crippen molar-refractivity contribution in [2.24, 2.45) is 10.8 Å². The summed E-state index contributed by atoms with van der Waals surface area (Å²) in [7, 11) is 1.64. The fourth-order valence-electron chi connectivity index (χ4n) is 1.12. The fraction of sp³-hybridized carbons (Fsp3) is 0.556. The van der Waals surface area contributed by atoms with Crippen LogP contribution in [0.5, 0.6) is 0 Å². The molecule has 0 spiro atoms. The summed E-state index contributed by atoms with van der Waals surface area (Å²) >= 11 is 0. The molecule has 1 aromatic heterocycles. The topological polar surface area (TPSA) is 89.5 Å². The molecule has 7 nitrogen and oxygen atoms in total. The van der Waals surface area contributed by atoms with Crippen molar-refractivity contribution in [3.05, 3.63) is 18.7 Å². The molecule has 7 heteroatoms. The summed E-state index contributed by atoms with van der Waals surface area (Å²) in [5, 5.41) is 3.08. The molecule has 4 N–H and O–H groups in total. The molecule has 0 aliphatic heterocycles. The normalized spacial score (nSPS) is 11.5. The Bertz CT molecular complexity index is 297. The first-order valence-corrected chi connectivity index (χ1v) is 5.06. The minimum Gasteiger partial charge on any atom is -0.383 e. The second kappa shape index (κ2) is 7.66. The Morgan fingerprint density at radius 1 is 1.62 bits per heavy atom. The zero-order chi connectivity index (χ0) is 11.6. The molecule has 1 rings (SSSR count). The van der Waals surface area contributed by atoms with Crippen LogP contribution in [0.2, 0.25) is 0 Å². The van der Waals surface area contributed by atoms with Crippen molar-refractivity contribution in [3.63, 3.8) is 0 Å². The van der Waals surface area contributed by atoms with Crippen LogP contribution in [-0.4, -0.2) is 42.3 Å². The van der Waals surface area contributed by atoms with Gasteiger partial charge in [0.15, 0.2) is 0 Å². The molecule has 0 aliphatic rings. The third-order valence-corrected chi connectivity index (χ3v) is 1.92. The molecule has 0 radical (unpaired) electrons. The lowest BCUT2D eigenvalue weighted by molar-refractivity contribution is 0.208. The van der Waals surface area contributed by atoms with E-state index in [1.54, 1.807) is 19.6 Å². The highest BCUT2D eigenvalue weighted by Gasteiger charge is 1.95. The molecule has 90 valence electrons. The molecule has 0 bridgehead atoms. The Morgan fingerprint density at radius 2 is 2.50 bits per heavy atom. The molecule has 0 amide bonds. The highest BCUT2D eigenvalue weighted by Crippen LogP contribution is 1.83. The summed E-state index contributed by atoms with van der Waals surface area (Å²) in [6.45, 7) is 2.69. The van der Waals surface area contributed by atoms with Gasteiger partial charge in [-0.05, 0) is 0 Å². The summed E-state index contributed by atoms with van der Waals surface area (Å²) in [6, 6.07) is 0. The van der Waals surface area contributed by atoms with Crippen molar-refractivity contribution in [2.75, 3.05) is 26.8 Å². The number of guanidine groups is 1. The first kappa shape index (κ1) is 12.5. The molecule has 0 atom stereocenters. The van der Waals surface area contributed by atoms with Crippen LogP contribution >= 0.6 is 0 Å². The van der Waals surface area contributed by atoms with E-state index in [4.69, 9.17) is 10.6 Å². The number of aliphatic imine (C=N–C) groups is 1. The first-order chi connectivity index (χ1) is 7.86. The standard InChI is InChI=1S/C9H18N6O/c1-16-7-4-13-9(14-10)12-3-6-15-5-2-11-8-15/h2,5,8H,3-4,6-7,10H2,1H3,(H2,12,13,14). The van der Waals surface area contributed by atoms with Crippen molar-refractivity contribution in [1.82, 2.24) is 20.3 Å². The molecule has 0 unspecified atom stereocenters. The van der Waals surface area contributed by atoms with Gasteiger partial charge in [-0.2, -0.15) is 0 Å². The maximum atomic E-state index is 5.31. The Balaban J connectivity index is 2.20. The molecule has 1 aromatic rings. The highest BCUT2D eigenvalue weighted by atomic mass is 16.5. The van der Waals surface area contributed by atoms with Gasteiger partial charge in [-0.1, -0.05) is 0 Å². The number of hydrogen-bond acceptors (Lipinski definition) is 4. The monoisotopic (exact) mass is 226 g/mol. The molecule has 0 fully saturated rings. The third-order valence-electron chi connectivity index (χ3n) is 1.92. The average Bonchev–Trinajstić information content (AvgIpc) is 2.80. The van der Waals surface area contributed by atoms with Crippen molar-refractivity contribution in [3.8, 4) is 0 Å². The second-order valence-corrected chi connectivity index (χ2v) is 3.09. The van der Waals surface area contributed by atoms with Gasteiger partial charge in [-0.25, -0.2) is 15.8 Å². The zero-order valence-corrected chi connectivity index (χ0v) is 9.39. The van der Waals surface area contributed by atoms with Crippen molar-refractivity contribution in [2.45, 2.75) is 6.54 Å². The highest BCUT2D eigenvalue weighted by molar-refractivity contribution is 5.79. The molecule has 16 heavy (non-hydrogen) atoms. The van der Waals surface area contributed by atoms with Gasteiger partial charge in [0, 0.05) is 32.6 Å². The van der Waals surface area contributed by atoms with E-state index in [2.05, 4.69) is 20.7 Å². The number of aromatic nitrogens is 2. The van der Waals surface area contributed by atoms with E-state index in [0.29, 0.717) is 19.1 Å². The van der Waals surface area contributed by atoms with Gasteiger partial charge in [0.05, 0.1) is 19.5 Å². The van der Waals surface area contributed by atoms with Gasteiger partial charge in [-0.3, -0.25) is 5.43 Å². The van der Waals surface area contributed by atoms with E-state index < -0.39 is 0 Å². The van der Waals surface area contributed by atoms with Crippen molar-refractivity contribution < 1.29 is 4.74 Å². The van der Waals surface area contributed by atoms with Gasteiger partial charge in [0.25, 0.3) is 0 Å². The number of hydrogen-bond donors (Lipinski definition) is 3. The maximum absolute atomic E-state index is 5.31. The number of rotatable bonds is 6. The molecule has 0 aliphatic carbocycles. The lowest BCUT2D eigenvalue weighted by Crippen LogP contribution is -2.43. The molecule has 0 saturated heterocycles. The van der Waals surface area contributed by atoms with Crippen LogP contribution in [0.15, 0.2) is 23.7 Å². The number of nitrogens with two attached hydrogens (primary N) is 1. The third kappa shape index (κ3) is 4.76. The fourth-order valence-corrected chi connectivity index (χ4v) is 1.12. The van der Waals surface area contributed by atoms with Gasteiger partial charge < -0.3 is 14.6 Å². The Labute approximate surface area is 94.7 Å². The van der Waals surface area contributed by atoms with Crippen LogP contribution < -0.4 is 16.6 Å². The Hall–Kier alpha value is -1.60. The van der Waals surface area contributed by atoms with Crippen LogP contribution in [0.3, 0.4) is 0 Å². The lowest BCUT2D eigenvalue weighted by atomic mass is 10.6. The van der Waals surface area contributed by atoms with Gasteiger partial charge in [0.2, 0.25) is 5.96 Å². The van der Waals surface area contributed by atoms with Crippen LogP contribution in [0.4, 0.5) is 0 Å². The summed E-state index contributed by atoms with van der Waals surface area (Å²) in [5.74, 6) is 5.88. The molecule has 0 aromatic carbocycles. The van der Waals surface area contributed by atoms with Crippen LogP contribution in [0.1, 0.15) is 0 Å². The summed E-state index contributed by atoms with van der Waals surface area (Å²) < 4.78 is 6.85. The van der Waals surface area contributed by atoms with E-state index in [1.807, 2.05) is 10.8 Å². The number of hydrazine groups is 1. The SMILES string of the molecule is COCCN=C(NN)NCCn1ccnc1. The minimum absolute atomic E-state index is 0.567. The largest absolute Gasteiger partial charge is 0.383 e. The lowest BCUT2D eigenvalue weighted by Gasteiger charge is -2.09. The minimum atomic E-state index is 0.567. The quantitative estimate of drug-likeness (QED) is 0.189.